The summed E-state index contributed by atoms with van der Waals surface area (Å²) < 4.78 is 0. The minimum Gasteiger partial charge on any atom is -0.343 e. The summed E-state index contributed by atoms with van der Waals surface area (Å²) in [5.74, 6) is 0.678. The number of amides is 2. The van der Waals surface area contributed by atoms with Crippen LogP contribution in [0.4, 0.5) is 0 Å². The van der Waals surface area contributed by atoms with Gasteiger partial charge >= 0.3 is 0 Å². The average molecular weight is 354 g/mol. The maximum absolute atomic E-state index is 12.9. The number of carbonyl (C=O) groups excluding carboxylic acids is 2. The van der Waals surface area contributed by atoms with E-state index in [1.807, 2.05) is 34.9 Å². The highest BCUT2D eigenvalue weighted by molar-refractivity contribution is 6.04. The lowest BCUT2D eigenvalue weighted by Gasteiger charge is -2.32. The molecule has 3 heterocycles. The smallest absolute Gasteiger partial charge is 0.274 e. The number of likely N-dealkylation sites (tertiary alicyclic amines) is 2. The van der Waals surface area contributed by atoms with Gasteiger partial charge in [-0.2, -0.15) is 5.10 Å². The zero-order chi connectivity index (χ0) is 18.1. The number of hydrogen-bond donors (Lipinski definition) is 1. The van der Waals surface area contributed by atoms with Gasteiger partial charge in [0.1, 0.15) is 0 Å². The van der Waals surface area contributed by atoms with Gasteiger partial charge in [0.15, 0.2) is 5.69 Å². The Morgan fingerprint density at radius 1 is 1.12 bits per heavy atom. The molecule has 2 fully saturated rings. The molecule has 0 spiro atoms. The van der Waals surface area contributed by atoms with E-state index in [0.29, 0.717) is 37.0 Å². The highest BCUT2D eigenvalue weighted by Crippen LogP contribution is 2.25. The number of rotatable bonds is 3. The van der Waals surface area contributed by atoms with Crippen molar-refractivity contribution in [2.45, 2.75) is 39.0 Å². The SMILES string of the molecule is Cc1ccc2[nH]nc(C(=O)N3CCC(CC(=O)N4CCCC4)CC3)c2c1. The molecule has 4 rings (SSSR count). The summed E-state index contributed by atoms with van der Waals surface area (Å²) in [7, 11) is 0. The molecule has 1 aromatic carbocycles. The molecule has 2 aromatic rings. The van der Waals surface area contributed by atoms with Crippen LogP contribution in [0.15, 0.2) is 18.2 Å². The largest absolute Gasteiger partial charge is 0.343 e. The van der Waals surface area contributed by atoms with Crippen molar-refractivity contribution >= 4 is 22.7 Å². The molecule has 2 aliphatic rings. The topological polar surface area (TPSA) is 69.3 Å². The van der Waals surface area contributed by atoms with Crippen molar-refractivity contribution in [1.29, 1.82) is 0 Å². The van der Waals surface area contributed by atoms with Crippen molar-refractivity contribution in [3.05, 3.63) is 29.5 Å². The number of nitrogens with zero attached hydrogens (tertiary/aromatic N) is 3. The minimum absolute atomic E-state index is 0.00818. The highest BCUT2D eigenvalue weighted by atomic mass is 16.2. The van der Waals surface area contributed by atoms with Gasteiger partial charge in [-0.3, -0.25) is 14.7 Å². The van der Waals surface area contributed by atoms with Crippen LogP contribution in [0.1, 0.15) is 48.2 Å². The van der Waals surface area contributed by atoms with Gasteiger partial charge in [-0.05, 0) is 50.7 Å². The van der Waals surface area contributed by atoms with Gasteiger partial charge in [0.25, 0.3) is 5.91 Å². The van der Waals surface area contributed by atoms with Crippen LogP contribution in [0, 0.1) is 12.8 Å². The summed E-state index contributed by atoms with van der Waals surface area (Å²) in [6, 6.07) is 5.98. The molecule has 0 bridgehead atoms. The number of aromatic amines is 1. The molecule has 2 amide bonds. The first kappa shape index (κ1) is 17.1. The second kappa shape index (κ2) is 7.09. The molecule has 0 unspecified atom stereocenters. The zero-order valence-electron chi connectivity index (χ0n) is 15.3. The van der Waals surface area contributed by atoms with Crippen LogP contribution in [0.3, 0.4) is 0 Å². The Balaban J connectivity index is 1.37. The normalized spacial score (nSPS) is 18.7. The Morgan fingerprint density at radius 3 is 2.58 bits per heavy atom. The fourth-order valence-electron chi connectivity index (χ4n) is 4.12. The number of aryl methyl sites for hydroxylation is 1. The molecule has 1 aromatic heterocycles. The van der Waals surface area contributed by atoms with E-state index in [1.54, 1.807) is 0 Å². The van der Waals surface area contributed by atoms with Crippen LogP contribution >= 0.6 is 0 Å². The minimum atomic E-state index is -0.00818. The van der Waals surface area contributed by atoms with E-state index in [2.05, 4.69) is 10.2 Å². The standard InChI is InChI=1S/C20H26N4O2/c1-14-4-5-17-16(12-14)19(22-21-17)20(26)24-10-6-15(7-11-24)13-18(25)23-8-2-3-9-23/h4-5,12,15H,2-3,6-11,13H2,1H3,(H,21,22). The predicted molar refractivity (Wildman–Crippen MR) is 99.9 cm³/mol. The van der Waals surface area contributed by atoms with Crippen LogP contribution < -0.4 is 0 Å². The lowest BCUT2D eigenvalue weighted by Crippen LogP contribution is -2.40. The number of piperidine rings is 1. The van der Waals surface area contributed by atoms with Crippen molar-refractivity contribution in [3.8, 4) is 0 Å². The molecule has 0 atom stereocenters. The second-order valence-corrected chi connectivity index (χ2v) is 7.65. The van der Waals surface area contributed by atoms with E-state index < -0.39 is 0 Å². The molecular formula is C20H26N4O2. The van der Waals surface area contributed by atoms with Gasteiger partial charge in [-0.15, -0.1) is 0 Å². The van der Waals surface area contributed by atoms with Crippen molar-refractivity contribution in [2.75, 3.05) is 26.2 Å². The van der Waals surface area contributed by atoms with E-state index in [-0.39, 0.29) is 5.91 Å². The van der Waals surface area contributed by atoms with Gasteiger partial charge < -0.3 is 9.80 Å². The second-order valence-electron chi connectivity index (χ2n) is 7.65. The van der Waals surface area contributed by atoms with E-state index in [4.69, 9.17) is 0 Å². The quantitative estimate of drug-likeness (QED) is 0.921. The fourth-order valence-corrected chi connectivity index (χ4v) is 4.12. The third-order valence-electron chi connectivity index (χ3n) is 5.74. The summed E-state index contributed by atoms with van der Waals surface area (Å²) in [6.07, 6.45) is 4.69. The number of nitrogens with one attached hydrogen (secondary N) is 1. The Bertz CT molecular complexity index is 814. The summed E-state index contributed by atoms with van der Waals surface area (Å²) in [5, 5.41) is 8.10. The summed E-state index contributed by atoms with van der Waals surface area (Å²) >= 11 is 0. The Morgan fingerprint density at radius 2 is 1.85 bits per heavy atom. The lowest BCUT2D eigenvalue weighted by molar-refractivity contribution is -0.131. The first-order valence-corrected chi connectivity index (χ1v) is 9.63. The number of hydrogen-bond acceptors (Lipinski definition) is 3. The summed E-state index contributed by atoms with van der Waals surface area (Å²) in [4.78, 5) is 29.1. The zero-order valence-corrected chi connectivity index (χ0v) is 15.3. The summed E-state index contributed by atoms with van der Waals surface area (Å²) in [6.45, 7) is 5.26. The number of carbonyl (C=O) groups is 2. The maximum atomic E-state index is 12.9. The molecule has 2 saturated heterocycles. The Kier molecular flexibility index (Phi) is 4.66. The molecule has 26 heavy (non-hydrogen) atoms. The molecule has 0 saturated carbocycles. The lowest BCUT2D eigenvalue weighted by atomic mass is 9.92. The van der Waals surface area contributed by atoms with Crippen LogP contribution in [0.2, 0.25) is 0 Å². The third-order valence-corrected chi connectivity index (χ3v) is 5.74. The number of aromatic nitrogens is 2. The number of H-pyrrole nitrogens is 1. The van der Waals surface area contributed by atoms with Crippen molar-refractivity contribution < 1.29 is 9.59 Å². The van der Waals surface area contributed by atoms with Crippen LogP contribution in [-0.4, -0.2) is 58.0 Å². The molecule has 0 radical (unpaired) electrons. The first-order valence-electron chi connectivity index (χ1n) is 9.63. The van der Waals surface area contributed by atoms with Crippen molar-refractivity contribution in [3.63, 3.8) is 0 Å². The van der Waals surface area contributed by atoms with Gasteiger partial charge in [-0.1, -0.05) is 11.6 Å². The fraction of sp³-hybridized carbons (Fsp3) is 0.550. The molecule has 0 aliphatic carbocycles. The van der Waals surface area contributed by atoms with Gasteiger partial charge in [0.05, 0.1) is 5.52 Å². The van der Waals surface area contributed by atoms with Crippen molar-refractivity contribution in [2.24, 2.45) is 5.92 Å². The van der Waals surface area contributed by atoms with Crippen molar-refractivity contribution in [1.82, 2.24) is 20.0 Å². The maximum Gasteiger partial charge on any atom is 0.274 e. The molecule has 2 aliphatic heterocycles. The van der Waals surface area contributed by atoms with Gasteiger partial charge in [0, 0.05) is 38.0 Å². The molecule has 6 nitrogen and oxygen atoms in total. The Labute approximate surface area is 153 Å². The number of benzene rings is 1. The number of fused-ring (bicyclic) bond motifs is 1. The predicted octanol–water partition coefficient (Wildman–Crippen LogP) is 2.74. The third kappa shape index (κ3) is 3.32. The van der Waals surface area contributed by atoms with E-state index in [9.17, 15) is 9.59 Å². The Hall–Kier alpha value is -2.37. The van der Waals surface area contributed by atoms with Gasteiger partial charge in [0.2, 0.25) is 5.91 Å². The first-order chi connectivity index (χ1) is 12.6. The van der Waals surface area contributed by atoms with E-state index >= 15 is 0 Å². The van der Waals surface area contributed by atoms with Crippen LogP contribution in [0.25, 0.3) is 10.9 Å². The molecule has 138 valence electrons. The molecule has 6 heteroatoms. The van der Waals surface area contributed by atoms with Crippen LogP contribution in [0.5, 0.6) is 0 Å². The average Bonchev–Trinajstić information content (AvgIpc) is 3.31. The molecule has 1 N–H and O–H groups in total. The molecular weight excluding hydrogens is 328 g/mol. The van der Waals surface area contributed by atoms with Crippen LogP contribution in [-0.2, 0) is 4.79 Å². The van der Waals surface area contributed by atoms with Gasteiger partial charge in [-0.25, -0.2) is 0 Å². The highest BCUT2D eigenvalue weighted by Gasteiger charge is 2.28. The monoisotopic (exact) mass is 354 g/mol. The van der Waals surface area contributed by atoms with E-state index in [0.717, 1.165) is 55.2 Å². The summed E-state index contributed by atoms with van der Waals surface area (Å²) in [5.41, 5.74) is 2.52. The van der Waals surface area contributed by atoms with E-state index in [1.165, 1.54) is 0 Å².